The number of nitrogens with one attached hydrogen (secondary N) is 1. The van der Waals surface area contributed by atoms with Crippen LogP contribution >= 0.6 is 11.3 Å². The molecular weight excluding hydrogens is 475 g/mol. The highest BCUT2D eigenvalue weighted by Gasteiger charge is 2.21. The number of sulfone groups is 1. The average Bonchev–Trinajstić information content (AvgIpc) is 3.23. The number of halogens is 1. The molecule has 0 bridgehead atoms. The molecule has 34 heavy (non-hydrogen) atoms. The van der Waals surface area contributed by atoms with Gasteiger partial charge >= 0.3 is 0 Å². The Morgan fingerprint density at radius 1 is 1.12 bits per heavy atom. The molecule has 0 aliphatic carbocycles. The Balaban J connectivity index is 1.19. The van der Waals surface area contributed by atoms with E-state index in [-0.39, 0.29) is 23.0 Å². The van der Waals surface area contributed by atoms with Crippen LogP contribution in [0.25, 0.3) is 10.2 Å². The van der Waals surface area contributed by atoms with Crippen molar-refractivity contribution < 1.29 is 17.6 Å². The molecule has 0 unspecified atom stereocenters. The van der Waals surface area contributed by atoms with Gasteiger partial charge in [-0.15, -0.1) is 0 Å². The molecule has 1 aliphatic rings. The lowest BCUT2D eigenvalue weighted by molar-refractivity contribution is -0.120. The molecule has 1 aromatic heterocycles. The van der Waals surface area contributed by atoms with Gasteiger partial charge in [-0.05, 0) is 55.3 Å². The van der Waals surface area contributed by atoms with E-state index in [4.69, 9.17) is 4.98 Å². The van der Waals surface area contributed by atoms with Gasteiger partial charge in [0.1, 0.15) is 5.82 Å². The molecular formula is C24H29FN4O3S2. The van der Waals surface area contributed by atoms with Crippen LogP contribution in [0.1, 0.15) is 17.5 Å². The zero-order valence-corrected chi connectivity index (χ0v) is 21.0. The molecule has 1 fully saturated rings. The van der Waals surface area contributed by atoms with Gasteiger partial charge < -0.3 is 10.2 Å². The number of rotatable bonds is 8. The molecule has 0 saturated carbocycles. The maximum Gasteiger partial charge on any atom is 0.221 e. The molecule has 2 heterocycles. The SMILES string of the molecule is Cc1cc(C)c2sc(N3CCN(CCNC(=O)CCS(=O)(=O)c4ccc(F)cc4)CC3)nc2c1. The second-order valence-electron chi connectivity index (χ2n) is 8.63. The molecule has 4 rings (SSSR count). The minimum absolute atomic E-state index is 0.0259. The van der Waals surface area contributed by atoms with E-state index < -0.39 is 15.7 Å². The van der Waals surface area contributed by atoms with Crippen molar-refractivity contribution in [3.8, 4) is 0 Å². The molecule has 0 atom stereocenters. The number of amides is 1. The third kappa shape index (κ3) is 5.92. The number of fused-ring (bicyclic) bond motifs is 1. The second-order valence-corrected chi connectivity index (χ2v) is 11.7. The van der Waals surface area contributed by atoms with Gasteiger partial charge in [-0.25, -0.2) is 17.8 Å². The largest absolute Gasteiger partial charge is 0.355 e. The minimum atomic E-state index is -3.61. The van der Waals surface area contributed by atoms with E-state index in [9.17, 15) is 17.6 Å². The van der Waals surface area contributed by atoms with Crippen molar-refractivity contribution in [1.82, 2.24) is 15.2 Å². The van der Waals surface area contributed by atoms with Gasteiger partial charge in [-0.1, -0.05) is 17.4 Å². The number of piperazine rings is 1. The first-order valence-electron chi connectivity index (χ1n) is 11.3. The molecule has 182 valence electrons. The Kier molecular flexibility index (Phi) is 7.49. The van der Waals surface area contributed by atoms with E-state index in [0.29, 0.717) is 13.1 Å². The summed E-state index contributed by atoms with van der Waals surface area (Å²) < 4.78 is 38.8. The number of carbonyl (C=O) groups excluding carboxylic acids is 1. The highest BCUT2D eigenvalue weighted by molar-refractivity contribution is 7.91. The van der Waals surface area contributed by atoms with E-state index >= 15 is 0 Å². The van der Waals surface area contributed by atoms with Crippen LogP contribution < -0.4 is 10.2 Å². The molecule has 3 aromatic rings. The Labute approximate surface area is 203 Å². The predicted octanol–water partition coefficient (Wildman–Crippen LogP) is 3.15. The van der Waals surface area contributed by atoms with Crippen LogP contribution in [0, 0.1) is 19.7 Å². The van der Waals surface area contributed by atoms with Crippen molar-refractivity contribution in [3.63, 3.8) is 0 Å². The first kappa shape index (κ1) is 24.6. The lowest BCUT2D eigenvalue weighted by Crippen LogP contribution is -2.48. The fraction of sp³-hybridized carbons (Fsp3) is 0.417. The van der Waals surface area contributed by atoms with E-state index in [1.807, 2.05) is 0 Å². The number of thiazole rings is 1. The van der Waals surface area contributed by atoms with Crippen molar-refractivity contribution >= 4 is 42.4 Å². The van der Waals surface area contributed by atoms with Crippen molar-refractivity contribution in [2.45, 2.75) is 25.2 Å². The number of carbonyl (C=O) groups is 1. The summed E-state index contributed by atoms with van der Waals surface area (Å²) in [5.74, 6) is -1.10. The molecule has 1 aliphatic heterocycles. The average molecular weight is 505 g/mol. The fourth-order valence-corrected chi connectivity index (χ4v) is 6.40. The Hall–Kier alpha value is -2.56. The van der Waals surface area contributed by atoms with Crippen LogP contribution in [-0.4, -0.2) is 69.2 Å². The van der Waals surface area contributed by atoms with Crippen LogP contribution in [-0.2, 0) is 14.6 Å². The van der Waals surface area contributed by atoms with Gasteiger partial charge in [0.05, 0.1) is 20.9 Å². The Morgan fingerprint density at radius 3 is 2.53 bits per heavy atom. The number of hydrogen-bond donors (Lipinski definition) is 1. The van der Waals surface area contributed by atoms with Gasteiger partial charge in [0.25, 0.3) is 0 Å². The Morgan fingerprint density at radius 2 is 1.82 bits per heavy atom. The monoisotopic (exact) mass is 504 g/mol. The van der Waals surface area contributed by atoms with Crippen LogP contribution in [0.3, 0.4) is 0 Å². The summed E-state index contributed by atoms with van der Waals surface area (Å²) in [7, 11) is -3.61. The van der Waals surface area contributed by atoms with Crippen LogP contribution in [0.5, 0.6) is 0 Å². The van der Waals surface area contributed by atoms with Crippen molar-refractivity contribution in [2.24, 2.45) is 0 Å². The molecule has 1 N–H and O–H groups in total. The summed E-state index contributed by atoms with van der Waals surface area (Å²) in [5, 5.41) is 3.86. The number of hydrogen-bond acceptors (Lipinski definition) is 7. The summed E-state index contributed by atoms with van der Waals surface area (Å²) >= 11 is 1.74. The molecule has 7 nitrogen and oxygen atoms in total. The standard InChI is InChI=1S/C24H29FN4O3S2/c1-17-15-18(2)23-21(16-17)27-24(33-23)29-12-10-28(11-13-29)9-8-26-22(30)7-14-34(31,32)20-5-3-19(25)4-6-20/h3-6,15-16H,7-14H2,1-2H3,(H,26,30). The van der Waals surface area contributed by atoms with Crippen molar-refractivity contribution in [3.05, 3.63) is 53.3 Å². The quantitative estimate of drug-likeness (QED) is 0.475. The summed E-state index contributed by atoms with van der Waals surface area (Å²) in [6.45, 7) is 8.90. The van der Waals surface area contributed by atoms with Crippen LogP contribution in [0.2, 0.25) is 0 Å². The predicted molar refractivity (Wildman–Crippen MR) is 134 cm³/mol. The number of aryl methyl sites for hydroxylation is 2. The summed E-state index contributed by atoms with van der Waals surface area (Å²) in [6.07, 6.45) is -0.121. The van der Waals surface area contributed by atoms with Gasteiger partial charge in [-0.3, -0.25) is 9.69 Å². The third-order valence-corrected chi connectivity index (χ3v) is 8.97. The van der Waals surface area contributed by atoms with E-state index in [0.717, 1.165) is 49.0 Å². The van der Waals surface area contributed by atoms with Crippen molar-refractivity contribution in [2.75, 3.05) is 49.9 Å². The zero-order valence-electron chi connectivity index (χ0n) is 19.4. The lowest BCUT2D eigenvalue weighted by Gasteiger charge is -2.34. The van der Waals surface area contributed by atoms with Crippen molar-refractivity contribution in [1.29, 1.82) is 0 Å². The topological polar surface area (TPSA) is 82.6 Å². The zero-order chi connectivity index (χ0) is 24.3. The summed E-state index contributed by atoms with van der Waals surface area (Å²) in [4.78, 5) is 21.6. The van der Waals surface area contributed by atoms with E-state index in [1.54, 1.807) is 11.3 Å². The first-order valence-corrected chi connectivity index (χ1v) is 13.8. The molecule has 0 radical (unpaired) electrons. The number of aromatic nitrogens is 1. The molecule has 1 amide bonds. The highest BCUT2D eigenvalue weighted by Crippen LogP contribution is 2.32. The molecule has 2 aromatic carbocycles. The molecule has 1 saturated heterocycles. The maximum absolute atomic E-state index is 13.0. The van der Waals surface area contributed by atoms with Crippen LogP contribution in [0.4, 0.5) is 9.52 Å². The van der Waals surface area contributed by atoms with E-state index in [2.05, 4.69) is 41.1 Å². The van der Waals surface area contributed by atoms with Crippen LogP contribution in [0.15, 0.2) is 41.3 Å². The van der Waals surface area contributed by atoms with Gasteiger partial charge in [0, 0.05) is 45.7 Å². The number of nitrogens with zero attached hydrogens (tertiary/aromatic N) is 3. The highest BCUT2D eigenvalue weighted by atomic mass is 32.2. The Bertz CT molecular complexity index is 1270. The lowest BCUT2D eigenvalue weighted by atomic mass is 10.1. The molecule has 0 spiro atoms. The number of anilines is 1. The first-order chi connectivity index (χ1) is 16.2. The number of benzene rings is 2. The van der Waals surface area contributed by atoms with E-state index in [1.165, 1.54) is 28.0 Å². The fourth-order valence-electron chi connectivity index (χ4n) is 4.09. The maximum atomic E-state index is 13.0. The second kappa shape index (κ2) is 10.4. The molecule has 10 heteroatoms. The third-order valence-electron chi connectivity index (χ3n) is 5.97. The normalized spacial score (nSPS) is 15.1. The van der Waals surface area contributed by atoms with Gasteiger partial charge in [0.2, 0.25) is 5.91 Å². The smallest absolute Gasteiger partial charge is 0.221 e. The minimum Gasteiger partial charge on any atom is -0.355 e. The van der Waals surface area contributed by atoms with Gasteiger partial charge in [0.15, 0.2) is 15.0 Å². The van der Waals surface area contributed by atoms with Gasteiger partial charge in [-0.2, -0.15) is 0 Å². The summed E-state index contributed by atoms with van der Waals surface area (Å²) in [5.41, 5.74) is 3.55. The summed E-state index contributed by atoms with van der Waals surface area (Å²) in [6, 6.07) is 8.97.